The van der Waals surface area contributed by atoms with E-state index in [0.29, 0.717) is 24.7 Å². The molecule has 2 aliphatic rings. The molecule has 26 heavy (non-hydrogen) atoms. The lowest BCUT2D eigenvalue weighted by Crippen LogP contribution is -2.44. The standard InChI is InChI=1S/C17H20F3N5O/c18-17(19,20)13-5-6-14-21-22-16(25(14)11-13)24-9-3-4-12(10-24)15(26)23-7-1-2-8-23/h5-6,11-12H,1-4,7-10H2. The van der Waals surface area contributed by atoms with Crippen LogP contribution >= 0.6 is 0 Å². The molecule has 0 spiro atoms. The smallest absolute Gasteiger partial charge is 0.342 e. The van der Waals surface area contributed by atoms with Gasteiger partial charge in [-0.2, -0.15) is 13.2 Å². The predicted molar refractivity (Wildman–Crippen MR) is 88.7 cm³/mol. The van der Waals surface area contributed by atoms with Gasteiger partial charge in [0.25, 0.3) is 0 Å². The monoisotopic (exact) mass is 367 g/mol. The highest BCUT2D eigenvalue weighted by atomic mass is 19.4. The molecule has 2 saturated heterocycles. The predicted octanol–water partition coefficient (Wildman–Crippen LogP) is 2.59. The molecule has 1 unspecified atom stereocenters. The molecule has 4 heterocycles. The van der Waals surface area contributed by atoms with Gasteiger partial charge in [0.05, 0.1) is 11.5 Å². The van der Waals surface area contributed by atoms with Crippen LogP contribution in [0.2, 0.25) is 0 Å². The van der Waals surface area contributed by atoms with Crippen LogP contribution in [0.4, 0.5) is 19.1 Å². The van der Waals surface area contributed by atoms with Crippen LogP contribution in [-0.2, 0) is 11.0 Å². The van der Waals surface area contributed by atoms with E-state index >= 15 is 0 Å². The molecular weight excluding hydrogens is 347 g/mol. The fourth-order valence-electron chi connectivity index (χ4n) is 3.82. The van der Waals surface area contributed by atoms with Gasteiger partial charge in [-0.25, -0.2) is 0 Å². The zero-order valence-corrected chi connectivity index (χ0v) is 14.2. The molecule has 0 N–H and O–H groups in total. The van der Waals surface area contributed by atoms with Crippen molar-refractivity contribution in [2.75, 3.05) is 31.1 Å². The lowest BCUT2D eigenvalue weighted by molar-refractivity contribution is -0.138. The molecule has 1 atom stereocenters. The number of halogens is 3. The quantitative estimate of drug-likeness (QED) is 0.819. The molecular formula is C17H20F3N5O. The molecule has 0 aliphatic carbocycles. The number of amides is 1. The van der Waals surface area contributed by atoms with Crippen LogP contribution < -0.4 is 4.90 Å². The molecule has 2 aromatic heterocycles. The molecule has 0 bridgehead atoms. The van der Waals surface area contributed by atoms with Gasteiger partial charge in [0.2, 0.25) is 11.9 Å². The van der Waals surface area contributed by atoms with E-state index in [1.165, 1.54) is 10.5 Å². The van der Waals surface area contributed by atoms with E-state index in [0.717, 1.165) is 51.0 Å². The van der Waals surface area contributed by atoms with Gasteiger partial charge in [-0.05, 0) is 37.8 Å². The van der Waals surface area contributed by atoms with E-state index < -0.39 is 11.7 Å². The summed E-state index contributed by atoms with van der Waals surface area (Å²) in [5, 5.41) is 8.05. The average molecular weight is 367 g/mol. The van der Waals surface area contributed by atoms with Gasteiger partial charge in [0.1, 0.15) is 0 Å². The van der Waals surface area contributed by atoms with Crippen LogP contribution in [0.15, 0.2) is 18.3 Å². The van der Waals surface area contributed by atoms with Crippen molar-refractivity contribution in [1.82, 2.24) is 19.5 Å². The van der Waals surface area contributed by atoms with E-state index in [4.69, 9.17) is 0 Å². The molecule has 0 saturated carbocycles. The topological polar surface area (TPSA) is 53.7 Å². The number of hydrogen-bond acceptors (Lipinski definition) is 4. The number of carbonyl (C=O) groups excluding carboxylic acids is 1. The van der Waals surface area contributed by atoms with Gasteiger partial charge in [0, 0.05) is 32.4 Å². The van der Waals surface area contributed by atoms with E-state index in [9.17, 15) is 18.0 Å². The molecule has 2 aromatic rings. The first-order valence-corrected chi connectivity index (χ1v) is 8.89. The number of alkyl halides is 3. The summed E-state index contributed by atoms with van der Waals surface area (Å²) in [4.78, 5) is 16.5. The van der Waals surface area contributed by atoms with Crippen molar-refractivity contribution in [2.24, 2.45) is 5.92 Å². The third-order valence-corrected chi connectivity index (χ3v) is 5.18. The summed E-state index contributed by atoms with van der Waals surface area (Å²) < 4.78 is 40.4. The van der Waals surface area contributed by atoms with Crippen LogP contribution in [0, 0.1) is 5.92 Å². The number of carbonyl (C=O) groups is 1. The van der Waals surface area contributed by atoms with Gasteiger partial charge >= 0.3 is 6.18 Å². The second-order valence-electron chi connectivity index (χ2n) is 6.96. The van der Waals surface area contributed by atoms with E-state index in [-0.39, 0.29) is 11.8 Å². The maximum absolute atomic E-state index is 13.0. The van der Waals surface area contributed by atoms with Crippen molar-refractivity contribution >= 4 is 17.5 Å². The number of rotatable bonds is 2. The summed E-state index contributed by atoms with van der Waals surface area (Å²) in [6.45, 7) is 2.73. The van der Waals surface area contributed by atoms with Gasteiger partial charge < -0.3 is 9.80 Å². The number of piperidine rings is 1. The molecule has 6 nitrogen and oxygen atoms in total. The highest BCUT2D eigenvalue weighted by Crippen LogP contribution is 2.31. The number of anilines is 1. The number of nitrogens with zero attached hydrogens (tertiary/aromatic N) is 5. The number of likely N-dealkylation sites (tertiary alicyclic amines) is 1. The van der Waals surface area contributed by atoms with Crippen molar-refractivity contribution in [3.63, 3.8) is 0 Å². The van der Waals surface area contributed by atoms with Crippen LogP contribution in [0.1, 0.15) is 31.2 Å². The number of fused-ring (bicyclic) bond motifs is 1. The molecule has 4 rings (SSSR count). The highest BCUT2D eigenvalue weighted by Gasteiger charge is 2.34. The normalized spacial score (nSPS) is 21.6. The summed E-state index contributed by atoms with van der Waals surface area (Å²) in [5.41, 5.74) is -0.381. The number of aromatic nitrogens is 3. The van der Waals surface area contributed by atoms with E-state index in [1.54, 1.807) is 0 Å². The lowest BCUT2D eigenvalue weighted by Gasteiger charge is -2.33. The minimum Gasteiger partial charge on any atom is -0.342 e. The molecule has 0 aromatic carbocycles. The van der Waals surface area contributed by atoms with E-state index in [2.05, 4.69) is 10.2 Å². The molecule has 1 amide bonds. The molecule has 2 aliphatic heterocycles. The Balaban J connectivity index is 1.59. The van der Waals surface area contributed by atoms with Crippen LogP contribution in [-0.4, -0.2) is 51.6 Å². The maximum atomic E-state index is 13.0. The van der Waals surface area contributed by atoms with Gasteiger partial charge in [-0.3, -0.25) is 9.20 Å². The second-order valence-corrected chi connectivity index (χ2v) is 6.96. The van der Waals surface area contributed by atoms with Crippen molar-refractivity contribution in [3.8, 4) is 0 Å². The summed E-state index contributed by atoms with van der Waals surface area (Å²) in [5.74, 6) is 0.377. The minimum absolute atomic E-state index is 0.139. The third kappa shape index (κ3) is 3.10. The van der Waals surface area contributed by atoms with Gasteiger partial charge in [-0.1, -0.05) is 0 Å². The van der Waals surface area contributed by atoms with Crippen LogP contribution in [0.25, 0.3) is 5.65 Å². The lowest BCUT2D eigenvalue weighted by atomic mass is 9.97. The Hall–Kier alpha value is -2.32. The van der Waals surface area contributed by atoms with Crippen molar-refractivity contribution in [3.05, 3.63) is 23.9 Å². The number of hydrogen-bond donors (Lipinski definition) is 0. The average Bonchev–Trinajstić information content (AvgIpc) is 3.29. The fourth-order valence-corrected chi connectivity index (χ4v) is 3.82. The zero-order chi connectivity index (χ0) is 18.3. The van der Waals surface area contributed by atoms with Crippen LogP contribution in [0.3, 0.4) is 0 Å². The number of pyridine rings is 1. The highest BCUT2D eigenvalue weighted by molar-refractivity contribution is 5.80. The molecule has 0 radical (unpaired) electrons. The first-order chi connectivity index (χ1) is 12.4. The summed E-state index contributed by atoms with van der Waals surface area (Å²) in [6.07, 6.45) is 0.283. The Labute approximate surface area is 148 Å². The Bertz CT molecular complexity index is 812. The third-order valence-electron chi connectivity index (χ3n) is 5.18. The Morgan fingerprint density at radius 3 is 2.58 bits per heavy atom. The first-order valence-electron chi connectivity index (χ1n) is 8.89. The van der Waals surface area contributed by atoms with Crippen LogP contribution in [0.5, 0.6) is 0 Å². The fraction of sp³-hybridized carbons (Fsp3) is 0.588. The largest absolute Gasteiger partial charge is 0.417 e. The van der Waals surface area contributed by atoms with Crippen molar-refractivity contribution in [1.29, 1.82) is 0 Å². The van der Waals surface area contributed by atoms with Gasteiger partial charge in [0.15, 0.2) is 5.65 Å². The minimum atomic E-state index is -4.42. The summed E-state index contributed by atoms with van der Waals surface area (Å²) >= 11 is 0. The first kappa shape index (κ1) is 17.1. The van der Waals surface area contributed by atoms with E-state index in [1.807, 2.05) is 9.80 Å². The second kappa shape index (κ2) is 6.44. The Morgan fingerprint density at radius 2 is 1.85 bits per heavy atom. The maximum Gasteiger partial charge on any atom is 0.417 e. The Morgan fingerprint density at radius 1 is 1.08 bits per heavy atom. The SMILES string of the molecule is O=C(C1CCCN(c2nnc3ccc(C(F)(F)F)cn23)C1)N1CCCC1. The molecule has 140 valence electrons. The van der Waals surface area contributed by atoms with Gasteiger partial charge in [-0.15, -0.1) is 10.2 Å². The molecule has 2 fully saturated rings. The summed E-state index contributed by atoms with van der Waals surface area (Å²) in [7, 11) is 0. The zero-order valence-electron chi connectivity index (χ0n) is 14.2. The summed E-state index contributed by atoms with van der Waals surface area (Å²) in [6, 6.07) is 2.32. The van der Waals surface area contributed by atoms with Crippen molar-refractivity contribution < 1.29 is 18.0 Å². The van der Waals surface area contributed by atoms with Crippen molar-refractivity contribution in [2.45, 2.75) is 31.9 Å². The molecule has 9 heteroatoms. The Kier molecular flexibility index (Phi) is 4.24.